The van der Waals surface area contributed by atoms with Crippen LogP contribution in [0.1, 0.15) is 38.7 Å². The Kier molecular flexibility index (Phi) is 5.28. The van der Waals surface area contributed by atoms with Gasteiger partial charge in [0.1, 0.15) is 10.5 Å². The first kappa shape index (κ1) is 14.8. The number of rotatable bonds is 4. The molecule has 0 fully saturated rings. The largest absolute Gasteiger partial charge is 0.385 e. The number of ether oxygens (including phenoxy) is 1. The summed E-state index contributed by atoms with van der Waals surface area (Å²) in [6.07, 6.45) is 1.80. The van der Waals surface area contributed by atoms with E-state index in [9.17, 15) is 0 Å². The normalized spacial score (nSPS) is 11.8. The van der Waals surface area contributed by atoms with Crippen molar-refractivity contribution >= 4 is 28.1 Å². The summed E-state index contributed by atoms with van der Waals surface area (Å²) >= 11 is 8.78. The van der Waals surface area contributed by atoms with E-state index in [4.69, 9.17) is 17.0 Å². The molecule has 0 atom stereocenters. The van der Waals surface area contributed by atoms with E-state index < -0.39 is 0 Å². The van der Waals surface area contributed by atoms with Crippen LogP contribution in [0.4, 0.5) is 0 Å². The van der Waals surface area contributed by atoms with Gasteiger partial charge in [-0.25, -0.2) is 4.98 Å². The fourth-order valence-electron chi connectivity index (χ4n) is 1.52. The van der Waals surface area contributed by atoms with Crippen molar-refractivity contribution in [1.29, 1.82) is 0 Å². The highest BCUT2D eigenvalue weighted by Crippen LogP contribution is 2.28. The molecule has 1 N–H and O–H groups in total. The molecule has 0 spiro atoms. The zero-order chi connectivity index (χ0) is 13.1. The number of H-pyrrole nitrogens is 1. The third-order valence-electron chi connectivity index (χ3n) is 2.43. The van der Waals surface area contributed by atoms with Crippen molar-refractivity contribution in [3.8, 4) is 0 Å². The van der Waals surface area contributed by atoms with Crippen molar-refractivity contribution in [3.05, 3.63) is 20.6 Å². The molecule has 0 bridgehead atoms. The highest BCUT2D eigenvalue weighted by molar-refractivity contribution is 9.10. The summed E-state index contributed by atoms with van der Waals surface area (Å²) in [4.78, 5) is 7.75. The minimum absolute atomic E-state index is 0.0192. The standard InChI is InChI=1S/C12H19BrN2OS/c1-12(2,3)10-9(13)11(17)15-8(14-10)6-5-7-16-4/h5-7H2,1-4H3,(H,14,15,17). The fraction of sp³-hybridized carbons (Fsp3) is 0.667. The Morgan fingerprint density at radius 1 is 1.41 bits per heavy atom. The second kappa shape index (κ2) is 6.07. The monoisotopic (exact) mass is 318 g/mol. The van der Waals surface area contributed by atoms with E-state index in [0.717, 1.165) is 35.4 Å². The minimum atomic E-state index is 0.0192. The zero-order valence-corrected chi connectivity index (χ0v) is 13.2. The Morgan fingerprint density at radius 2 is 2.06 bits per heavy atom. The van der Waals surface area contributed by atoms with Gasteiger partial charge < -0.3 is 9.72 Å². The minimum Gasteiger partial charge on any atom is -0.385 e. The summed E-state index contributed by atoms with van der Waals surface area (Å²) in [6.45, 7) is 7.19. The summed E-state index contributed by atoms with van der Waals surface area (Å²) in [6, 6.07) is 0. The molecule has 0 aliphatic carbocycles. The molecule has 0 saturated heterocycles. The molecule has 96 valence electrons. The molecule has 0 saturated carbocycles. The zero-order valence-electron chi connectivity index (χ0n) is 10.8. The van der Waals surface area contributed by atoms with E-state index in [1.165, 1.54) is 0 Å². The molecule has 17 heavy (non-hydrogen) atoms. The van der Waals surface area contributed by atoms with Gasteiger partial charge in [-0.1, -0.05) is 33.0 Å². The number of aryl methyl sites for hydroxylation is 1. The predicted octanol–water partition coefficient (Wildman–Crippen LogP) is 3.78. The highest BCUT2D eigenvalue weighted by Gasteiger charge is 2.19. The van der Waals surface area contributed by atoms with E-state index in [1.807, 2.05) is 0 Å². The molecule has 0 radical (unpaired) electrons. The Balaban J connectivity index is 3.03. The number of halogens is 1. The molecule has 0 aliphatic heterocycles. The van der Waals surface area contributed by atoms with Crippen molar-refractivity contribution in [2.24, 2.45) is 0 Å². The lowest BCUT2D eigenvalue weighted by molar-refractivity contribution is 0.194. The van der Waals surface area contributed by atoms with Gasteiger partial charge in [-0.05, 0) is 22.4 Å². The SMILES string of the molecule is COCCCc1nc(=S)c(Br)c(C(C)(C)C)[nH]1. The topological polar surface area (TPSA) is 37.9 Å². The third kappa shape index (κ3) is 4.16. The molecule has 0 aliphatic rings. The Hall–Kier alpha value is -0.260. The van der Waals surface area contributed by atoms with Crippen LogP contribution in [0.15, 0.2) is 4.47 Å². The number of aromatic nitrogens is 2. The molecule has 1 rings (SSSR count). The van der Waals surface area contributed by atoms with Crippen LogP contribution in [-0.2, 0) is 16.6 Å². The summed E-state index contributed by atoms with van der Waals surface area (Å²) < 4.78 is 6.56. The third-order valence-corrected chi connectivity index (χ3v) is 3.76. The van der Waals surface area contributed by atoms with Crippen LogP contribution in [0.25, 0.3) is 0 Å². The van der Waals surface area contributed by atoms with Crippen LogP contribution in [0.5, 0.6) is 0 Å². The van der Waals surface area contributed by atoms with E-state index >= 15 is 0 Å². The summed E-state index contributed by atoms with van der Waals surface area (Å²) in [5.74, 6) is 0.931. The van der Waals surface area contributed by atoms with Crippen LogP contribution in [0.2, 0.25) is 0 Å². The van der Waals surface area contributed by atoms with Crippen LogP contribution in [0, 0.1) is 4.64 Å². The Bertz CT molecular complexity index is 437. The van der Waals surface area contributed by atoms with Gasteiger partial charge in [0.25, 0.3) is 0 Å². The van der Waals surface area contributed by atoms with Crippen LogP contribution >= 0.6 is 28.1 Å². The molecule has 5 heteroatoms. The van der Waals surface area contributed by atoms with Crippen molar-refractivity contribution in [2.45, 2.75) is 39.0 Å². The summed E-state index contributed by atoms with van der Waals surface area (Å²) in [5.41, 5.74) is 1.12. The van der Waals surface area contributed by atoms with Gasteiger partial charge in [-0.15, -0.1) is 0 Å². The maximum Gasteiger partial charge on any atom is 0.144 e. The molecular weight excluding hydrogens is 300 g/mol. The number of hydrogen-bond donors (Lipinski definition) is 1. The number of methoxy groups -OCH3 is 1. The molecule has 0 amide bonds. The fourth-order valence-corrected chi connectivity index (χ4v) is 2.52. The average molecular weight is 319 g/mol. The molecular formula is C12H19BrN2OS. The smallest absolute Gasteiger partial charge is 0.144 e. The van der Waals surface area contributed by atoms with Gasteiger partial charge in [0.05, 0.1) is 4.47 Å². The molecule has 1 heterocycles. The van der Waals surface area contributed by atoms with Gasteiger partial charge >= 0.3 is 0 Å². The van der Waals surface area contributed by atoms with Crippen molar-refractivity contribution < 1.29 is 4.74 Å². The van der Waals surface area contributed by atoms with Crippen LogP contribution in [-0.4, -0.2) is 23.7 Å². The van der Waals surface area contributed by atoms with Crippen molar-refractivity contribution in [1.82, 2.24) is 9.97 Å². The van der Waals surface area contributed by atoms with Crippen LogP contribution in [0.3, 0.4) is 0 Å². The second-order valence-corrected chi connectivity index (χ2v) is 6.20. The maximum absolute atomic E-state index is 5.27. The van der Waals surface area contributed by atoms with Gasteiger partial charge in [-0.3, -0.25) is 0 Å². The summed E-state index contributed by atoms with van der Waals surface area (Å²) in [7, 11) is 1.71. The molecule has 0 aromatic carbocycles. The van der Waals surface area contributed by atoms with Gasteiger partial charge in [0, 0.05) is 31.2 Å². The van der Waals surface area contributed by atoms with E-state index in [1.54, 1.807) is 7.11 Å². The summed E-state index contributed by atoms with van der Waals surface area (Å²) in [5, 5.41) is 0. The number of hydrogen-bond acceptors (Lipinski definition) is 3. The molecule has 1 aromatic heterocycles. The van der Waals surface area contributed by atoms with Gasteiger partial charge in [-0.2, -0.15) is 0 Å². The van der Waals surface area contributed by atoms with Gasteiger partial charge in [0.15, 0.2) is 0 Å². The van der Waals surface area contributed by atoms with Crippen LogP contribution < -0.4 is 0 Å². The molecule has 0 unspecified atom stereocenters. The first-order chi connectivity index (χ1) is 7.86. The second-order valence-electron chi connectivity index (χ2n) is 5.02. The molecule has 1 aromatic rings. The maximum atomic E-state index is 5.27. The lowest BCUT2D eigenvalue weighted by atomic mass is 9.92. The van der Waals surface area contributed by atoms with Crippen molar-refractivity contribution in [3.63, 3.8) is 0 Å². The van der Waals surface area contributed by atoms with Gasteiger partial charge in [0.2, 0.25) is 0 Å². The van der Waals surface area contributed by atoms with Crippen molar-refractivity contribution in [2.75, 3.05) is 13.7 Å². The Labute approximate surface area is 116 Å². The van der Waals surface area contributed by atoms with E-state index in [-0.39, 0.29) is 5.41 Å². The lowest BCUT2D eigenvalue weighted by Gasteiger charge is -2.21. The first-order valence-electron chi connectivity index (χ1n) is 5.64. The number of nitrogens with one attached hydrogen (secondary N) is 1. The predicted molar refractivity (Wildman–Crippen MR) is 76.0 cm³/mol. The highest BCUT2D eigenvalue weighted by atomic mass is 79.9. The Morgan fingerprint density at radius 3 is 2.59 bits per heavy atom. The van der Waals surface area contributed by atoms with E-state index in [0.29, 0.717) is 4.64 Å². The first-order valence-corrected chi connectivity index (χ1v) is 6.84. The average Bonchev–Trinajstić information content (AvgIpc) is 2.21. The number of aromatic amines is 1. The van der Waals surface area contributed by atoms with E-state index in [2.05, 4.69) is 46.7 Å². The molecule has 3 nitrogen and oxygen atoms in total. The quantitative estimate of drug-likeness (QED) is 0.678. The number of nitrogens with zero attached hydrogens (tertiary/aromatic N) is 1. The lowest BCUT2D eigenvalue weighted by Crippen LogP contribution is -2.17.